The van der Waals surface area contributed by atoms with Crippen LogP contribution in [-0.2, 0) is 0 Å². The molecule has 0 bridgehead atoms. The molecular formula is C78H46O2. The highest BCUT2D eigenvalue weighted by molar-refractivity contribution is 6.27. The molecule has 0 saturated heterocycles. The second-order valence-corrected chi connectivity index (χ2v) is 21.4. The predicted octanol–water partition coefficient (Wildman–Crippen LogP) is 22.4. The zero-order valence-corrected chi connectivity index (χ0v) is 43.4. The van der Waals surface area contributed by atoms with E-state index in [2.05, 4.69) is 279 Å². The maximum absolute atomic E-state index is 7.20. The van der Waals surface area contributed by atoms with Gasteiger partial charge in [-0.1, -0.05) is 243 Å². The van der Waals surface area contributed by atoms with Crippen LogP contribution in [0.2, 0.25) is 0 Å². The molecule has 370 valence electrons. The van der Waals surface area contributed by atoms with Gasteiger partial charge in [0, 0.05) is 43.8 Å². The second-order valence-electron chi connectivity index (χ2n) is 21.4. The average molecular weight is 1020 g/mol. The van der Waals surface area contributed by atoms with Crippen LogP contribution in [0.3, 0.4) is 0 Å². The van der Waals surface area contributed by atoms with Gasteiger partial charge in [-0.25, -0.2) is 0 Å². The molecular weight excluding hydrogens is 969 g/mol. The van der Waals surface area contributed by atoms with Crippen LogP contribution in [0.5, 0.6) is 0 Å². The number of hydrogen-bond donors (Lipinski definition) is 0. The molecule has 15 aromatic carbocycles. The SMILES string of the molecule is c1ccc2cc(-c3ccc(-c4c5ccccc5c(-c5cccc6c5oc5ccccc56)c5cc(-c6ccc7c(c6)oc6c(-c8c9ccccc9c(-c9ccc%10ccccc%10c9)c9ccccc89)cccc67)ccc45)cc3)ccc2c1. The van der Waals surface area contributed by atoms with Crippen molar-refractivity contribution in [1.82, 2.24) is 0 Å². The van der Waals surface area contributed by atoms with Crippen LogP contribution >= 0.6 is 0 Å². The molecule has 17 aromatic rings. The Labute approximate surface area is 460 Å². The Hall–Kier alpha value is -10.5. The molecule has 17 rings (SSSR count). The molecule has 0 saturated carbocycles. The highest BCUT2D eigenvalue weighted by Gasteiger charge is 2.24. The fourth-order valence-electron chi connectivity index (χ4n) is 13.4. The van der Waals surface area contributed by atoms with E-state index in [9.17, 15) is 0 Å². The molecule has 2 aromatic heterocycles. The van der Waals surface area contributed by atoms with Crippen molar-refractivity contribution in [2.45, 2.75) is 0 Å². The Morgan fingerprint density at radius 2 is 0.537 bits per heavy atom. The van der Waals surface area contributed by atoms with E-state index in [0.717, 1.165) is 77.1 Å². The van der Waals surface area contributed by atoms with Crippen molar-refractivity contribution in [3.05, 3.63) is 279 Å². The largest absolute Gasteiger partial charge is 0.455 e. The third kappa shape index (κ3) is 6.79. The Morgan fingerprint density at radius 1 is 0.175 bits per heavy atom. The van der Waals surface area contributed by atoms with Gasteiger partial charge >= 0.3 is 0 Å². The summed E-state index contributed by atoms with van der Waals surface area (Å²) in [6, 6.07) is 102. The molecule has 0 aliphatic heterocycles. The van der Waals surface area contributed by atoms with E-state index in [-0.39, 0.29) is 0 Å². The summed E-state index contributed by atoms with van der Waals surface area (Å²) >= 11 is 0. The van der Waals surface area contributed by atoms with Gasteiger partial charge in [-0.15, -0.1) is 0 Å². The molecule has 2 heteroatoms. The summed E-state index contributed by atoms with van der Waals surface area (Å²) in [6.45, 7) is 0. The van der Waals surface area contributed by atoms with E-state index < -0.39 is 0 Å². The molecule has 0 spiro atoms. The molecule has 0 fully saturated rings. The molecule has 80 heavy (non-hydrogen) atoms. The predicted molar refractivity (Wildman–Crippen MR) is 339 cm³/mol. The molecule has 2 nitrogen and oxygen atoms in total. The summed E-state index contributed by atoms with van der Waals surface area (Å²) in [5.74, 6) is 0. The fraction of sp³-hybridized carbons (Fsp3) is 0. The van der Waals surface area contributed by atoms with Crippen LogP contribution < -0.4 is 0 Å². The van der Waals surface area contributed by atoms with Crippen molar-refractivity contribution in [2.75, 3.05) is 0 Å². The van der Waals surface area contributed by atoms with Crippen LogP contribution in [0.25, 0.3) is 175 Å². The highest BCUT2D eigenvalue weighted by Crippen LogP contribution is 2.50. The molecule has 0 unspecified atom stereocenters. The maximum Gasteiger partial charge on any atom is 0.143 e. The summed E-state index contributed by atoms with van der Waals surface area (Å²) < 4.78 is 14.0. The Kier molecular flexibility index (Phi) is 9.75. The van der Waals surface area contributed by atoms with Crippen molar-refractivity contribution in [3.8, 4) is 66.8 Å². The highest BCUT2D eigenvalue weighted by atomic mass is 16.3. The summed E-state index contributed by atoms with van der Waals surface area (Å²) in [5.41, 5.74) is 17.4. The normalized spacial score (nSPS) is 12.0. The van der Waals surface area contributed by atoms with E-state index in [0.29, 0.717) is 0 Å². The molecule has 2 heterocycles. The van der Waals surface area contributed by atoms with E-state index in [1.54, 1.807) is 0 Å². The molecule has 0 aliphatic carbocycles. The number of rotatable bonds is 6. The summed E-state index contributed by atoms with van der Waals surface area (Å²) in [4.78, 5) is 0. The molecule has 0 atom stereocenters. The smallest absolute Gasteiger partial charge is 0.143 e. The van der Waals surface area contributed by atoms with Gasteiger partial charge in [0.15, 0.2) is 0 Å². The van der Waals surface area contributed by atoms with Gasteiger partial charge in [0.25, 0.3) is 0 Å². The quantitative estimate of drug-likeness (QED) is 0.155. The lowest BCUT2D eigenvalue weighted by Gasteiger charge is -2.19. The first-order valence-electron chi connectivity index (χ1n) is 27.5. The van der Waals surface area contributed by atoms with Crippen LogP contribution in [0.4, 0.5) is 0 Å². The molecule has 0 N–H and O–H groups in total. The van der Waals surface area contributed by atoms with Gasteiger partial charge in [0.1, 0.15) is 22.3 Å². The molecule has 0 aliphatic rings. The summed E-state index contributed by atoms with van der Waals surface area (Å²) in [7, 11) is 0. The van der Waals surface area contributed by atoms with Gasteiger partial charge < -0.3 is 8.83 Å². The first-order chi connectivity index (χ1) is 39.7. The lowest BCUT2D eigenvalue weighted by atomic mass is 9.84. The van der Waals surface area contributed by atoms with Gasteiger partial charge in [0.2, 0.25) is 0 Å². The first kappa shape index (κ1) is 44.6. The fourth-order valence-corrected chi connectivity index (χ4v) is 13.4. The van der Waals surface area contributed by atoms with E-state index >= 15 is 0 Å². The van der Waals surface area contributed by atoms with Crippen LogP contribution in [-0.4, -0.2) is 0 Å². The van der Waals surface area contributed by atoms with Crippen molar-refractivity contribution in [1.29, 1.82) is 0 Å². The average Bonchev–Trinajstić information content (AvgIpc) is 4.18. The lowest BCUT2D eigenvalue weighted by molar-refractivity contribution is 0.670. The third-order valence-corrected chi connectivity index (χ3v) is 17.0. The Bertz CT molecular complexity index is 5360. The van der Waals surface area contributed by atoms with E-state index in [4.69, 9.17) is 8.83 Å². The minimum absolute atomic E-state index is 0.851. The Morgan fingerprint density at radius 3 is 1.14 bits per heavy atom. The number of benzene rings is 15. The number of fused-ring (bicyclic) bond motifs is 12. The Balaban J connectivity index is 0.856. The van der Waals surface area contributed by atoms with Crippen LogP contribution in [0, 0.1) is 0 Å². The monoisotopic (exact) mass is 1010 g/mol. The number of para-hydroxylation sites is 3. The standard InChI is InChI=1S/C78H46O2/c1-3-17-51-43-53(37-33-47(51)15-1)49-31-35-50(36-32-49)73-59-20-5-10-25-64(59)76(69-29-13-26-66-57-19-11-12-30-71(57)79-77(66)69)70-45-54(40-42-65(70)73)55-39-41-58-67-27-14-28-68(78(67)80-72(58)46-55)75-62-23-8-6-21-60(62)74(61-22-7-9-24-63(61)75)56-38-34-48-16-2-4-18-52(48)44-56/h1-46H. The van der Waals surface area contributed by atoms with Crippen molar-refractivity contribution < 1.29 is 8.83 Å². The van der Waals surface area contributed by atoms with Gasteiger partial charge in [0.05, 0.1) is 0 Å². The zero-order chi connectivity index (χ0) is 52.4. The van der Waals surface area contributed by atoms with Crippen LogP contribution in [0.15, 0.2) is 288 Å². The minimum Gasteiger partial charge on any atom is -0.455 e. The van der Waals surface area contributed by atoms with Crippen molar-refractivity contribution >= 4 is 109 Å². The molecule has 0 radical (unpaired) electrons. The van der Waals surface area contributed by atoms with Crippen molar-refractivity contribution in [3.63, 3.8) is 0 Å². The number of hydrogen-bond acceptors (Lipinski definition) is 2. The topological polar surface area (TPSA) is 26.3 Å². The van der Waals surface area contributed by atoms with Crippen LogP contribution in [0.1, 0.15) is 0 Å². The second kappa shape index (κ2) is 17.5. The van der Waals surface area contributed by atoms with Gasteiger partial charge in [-0.3, -0.25) is 0 Å². The summed E-state index contributed by atoms with van der Waals surface area (Å²) in [6.07, 6.45) is 0. The summed E-state index contributed by atoms with van der Waals surface area (Å²) in [5, 5.41) is 18.9. The van der Waals surface area contributed by atoms with Gasteiger partial charge in [-0.2, -0.15) is 0 Å². The first-order valence-corrected chi connectivity index (χ1v) is 27.5. The minimum atomic E-state index is 0.851. The molecule has 0 amide bonds. The third-order valence-electron chi connectivity index (χ3n) is 17.0. The lowest BCUT2D eigenvalue weighted by Crippen LogP contribution is -1.92. The maximum atomic E-state index is 7.20. The zero-order valence-electron chi connectivity index (χ0n) is 43.4. The van der Waals surface area contributed by atoms with Crippen molar-refractivity contribution in [2.24, 2.45) is 0 Å². The number of furan rings is 2. The van der Waals surface area contributed by atoms with Gasteiger partial charge in [-0.05, 0) is 146 Å². The van der Waals surface area contributed by atoms with E-state index in [1.165, 1.54) is 98.2 Å². The van der Waals surface area contributed by atoms with E-state index in [1.807, 2.05) is 0 Å².